The molecule has 0 spiro atoms. The predicted octanol–water partition coefficient (Wildman–Crippen LogP) is 3.04. The zero-order valence-corrected chi connectivity index (χ0v) is 7.61. The molecule has 0 saturated carbocycles. The summed E-state index contributed by atoms with van der Waals surface area (Å²) in [7, 11) is 1.76. The highest BCUT2D eigenvalue weighted by Gasteiger charge is 2.11. The molecule has 0 aromatic heterocycles. The molecule has 62 valence electrons. The second-order valence-corrected chi connectivity index (χ2v) is 2.94. The quantitative estimate of drug-likeness (QED) is 0.591. The van der Waals surface area contributed by atoms with Crippen LogP contribution in [-0.4, -0.2) is 7.11 Å². The van der Waals surface area contributed by atoms with Crippen molar-refractivity contribution in [2.45, 2.75) is 33.1 Å². The Morgan fingerprint density at radius 2 is 2.27 bits per heavy atom. The van der Waals surface area contributed by atoms with Crippen molar-refractivity contribution in [1.29, 1.82) is 0 Å². The first-order chi connectivity index (χ1) is 5.29. The average molecular weight is 152 g/mol. The van der Waals surface area contributed by atoms with E-state index in [4.69, 9.17) is 4.74 Å². The zero-order chi connectivity index (χ0) is 8.27. The van der Waals surface area contributed by atoms with Gasteiger partial charge in [0.25, 0.3) is 0 Å². The van der Waals surface area contributed by atoms with E-state index in [1.807, 2.05) is 0 Å². The van der Waals surface area contributed by atoms with E-state index in [1.54, 1.807) is 7.11 Å². The molecule has 0 fully saturated rings. The summed E-state index contributed by atoms with van der Waals surface area (Å²) < 4.78 is 5.32. The van der Waals surface area contributed by atoms with Crippen LogP contribution in [0.15, 0.2) is 23.0 Å². The van der Waals surface area contributed by atoms with Crippen LogP contribution in [0.25, 0.3) is 0 Å². The molecule has 0 amide bonds. The molecule has 0 N–H and O–H groups in total. The number of methoxy groups -OCH3 is 1. The van der Waals surface area contributed by atoms with Crippen LogP contribution < -0.4 is 0 Å². The molecule has 0 aromatic rings. The van der Waals surface area contributed by atoms with Crippen LogP contribution in [0.5, 0.6) is 0 Å². The van der Waals surface area contributed by atoms with Crippen molar-refractivity contribution in [2.24, 2.45) is 0 Å². The standard InChI is InChI=1S/C10H16O/c1-4-9-7-5-6-8(2)10(9)11-3/h7H,4-6H2,1-3H3. The van der Waals surface area contributed by atoms with Crippen LogP contribution in [0.1, 0.15) is 33.1 Å². The van der Waals surface area contributed by atoms with Gasteiger partial charge in [-0.1, -0.05) is 13.0 Å². The Bertz CT molecular complexity index is 199. The van der Waals surface area contributed by atoms with Crippen molar-refractivity contribution in [3.63, 3.8) is 0 Å². The van der Waals surface area contributed by atoms with Gasteiger partial charge in [-0.2, -0.15) is 0 Å². The van der Waals surface area contributed by atoms with E-state index in [0.717, 1.165) is 18.6 Å². The smallest absolute Gasteiger partial charge is 0.120 e. The van der Waals surface area contributed by atoms with Crippen LogP contribution in [0, 0.1) is 0 Å². The highest BCUT2D eigenvalue weighted by molar-refractivity contribution is 5.32. The van der Waals surface area contributed by atoms with E-state index in [9.17, 15) is 0 Å². The minimum absolute atomic E-state index is 1.08. The van der Waals surface area contributed by atoms with Crippen LogP contribution in [-0.2, 0) is 4.74 Å². The fourth-order valence-electron chi connectivity index (χ4n) is 1.55. The Balaban J connectivity index is 2.86. The lowest BCUT2D eigenvalue weighted by atomic mass is 9.97. The second kappa shape index (κ2) is 3.61. The van der Waals surface area contributed by atoms with Crippen LogP contribution in [0.4, 0.5) is 0 Å². The summed E-state index contributed by atoms with van der Waals surface area (Å²) in [4.78, 5) is 0. The average Bonchev–Trinajstić information content (AvgIpc) is 2.04. The maximum absolute atomic E-state index is 5.32. The highest BCUT2D eigenvalue weighted by Crippen LogP contribution is 2.26. The summed E-state index contributed by atoms with van der Waals surface area (Å²) in [5, 5.41) is 0. The fourth-order valence-corrected chi connectivity index (χ4v) is 1.55. The van der Waals surface area contributed by atoms with Gasteiger partial charge < -0.3 is 4.74 Å². The van der Waals surface area contributed by atoms with Gasteiger partial charge in [0.1, 0.15) is 5.76 Å². The van der Waals surface area contributed by atoms with E-state index in [2.05, 4.69) is 19.9 Å². The molecule has 1 heteroatoms. The van der Waals surface area contributed by atoms with Gasteiger partial charge in [0, 0.05) is 0 Å². The SMILES string of the molecule is CCC1=CCCC(C)=C1OC. The summed E-state index contributed by atoms with van der Waals surface area (Å²) in [5.74, 6) is 1.12. The molecule has 0 radical (unpaired) electrons. The van der Waals surface area contributed by atoms with Crippen LogP contribution >= 0.6 is 0 Å². The van der Waals surface area contributed by atoms with Gasteiger partial charge in [-0.05, 0) is 37.3 Å². The van der Waals surface area contributed by atoms with Crippen molar-refractivity contribution in [3.05, 3.63) is 23.0 Å². The molecule has 1 aliphatic rings. The molecule has 0 unspecified atom stereocenters. The van der Waals surface area contributed by atoms with Gasteiger partial charge in [-0.15, -0.1) is 0 Å². The Labute approximate surface area is 68.8 Å². The van der Waals surface area contributed by atoms with Gasteiger partial charge in [0.05, 0.1) is 7.11 Å². The molecular weight excluding hydrogens is 136 g/mol. The van der Waals surface area contributed by atoms with Crippen LogP contribution in [0.3, 0.4) is 0 Å². The minimum Gasteiger partial charge on any atom is -0.497 e. The monoisotopic (exact) mass is 152 g/mol. The van der Waals surface area contributed by atoms with Crippen molar-refractivity contribution >= 4 is 0 Å². The lowest BCUT2D eigenvalue weighted by Crippen LogP contribution is -2.00. The molecule has 0 saturated heterocycles. The Kier molecular flexibility index (Phi) is 2.75. The number of rotatable bonds is 2. The third-order valence-electron chi connectivity index (χ3n) is 2.17. The second-order valence-electron chi connectivity index (χ2n) is 2.94. The number of allylic oxidation sites excluding steroid dienone is 3. The van der Waals surface area contributed by atoms with Crippen molar-refractivity contribution in [2.75, 3.05) is 7.11 Å². The molecule has 0 aromatic carbocycles. The molecule has 1 rings (SSSR count). The summed E-state index contributed by atoms with van der Waals surface area (Å²) in [6, 6.07) is 0. The largest absolute Gasteiger partial charge is 0.497 e. The van der Waals surface area contributed by atoms with Gasteiger partial charge >= 0.3 is 0 Å². The van der Waals surface area contributed by atoms with Gasteiger partial charge in [-0.25, -0.2) is 0 Å². The Morgan fingerprint density at radius 1 is 1.55 bits per heavy atom. The molecule has 0 aliphatic heterocycles. The van der Waals surface area contributed by atoms with Crippen LogP contribution in [0.2, 0.25) is 0 Å². The third-order valence-corrected chi connectivity index (χ3v) is 2.17. The van der Waals surface area contributed by atoms with Crippen molar-refractivity contribution < 1.29 is 4.74 Å². The van der Waals surface area contributed by atoms with E-state index < -0.39 is 0 Å². The first-order valence-corrected chi connectivity index (χ1v) is 4.22. The highest BCUT2D eigenvalue weighted by atomic mass is 16.5. The Hall–Kier alpha value is -0.720. The first kappa shape index (κ1) is 8.38. The zero-order valence-electron chi connectivity index (χ0n) is 7.61. The van der Waals surface area contributed by atoms with Crippen molar-refractivity contribution in [3.8, 4) is 0 Å². The third kappa shape index (κ3) is 1.65. The fraction of sp³-hybridized carbons (Fsp3) is 0.600. The van der Waals surface area contributed by atoms with Gasteiger partial charge in [0.15, 0.2) is 0 Å². The topological polar surface area (TPSA) is 9.23 Å². The van der Waals surface area contributed by atoms with Gasteiger partial charge in [-0.3, -0.25) is 0 Å². The molecule has 0 atom stereocenters. The van der Waals surface area contributed by atoms with Gasteiger partial charge in [0.2, 0.25) is 0 Å². The lowest BCUT2D eigenvalue weighted by molar-refractivity contribution is 0.290. The molecule has 1 nitrogen and oxygen atoms in total. The molecule has 11 heavy (non-hydrogen) atoms. The predicted molar refractivity (Wildman–Crippen MR) is 47.3 cm³/mol. The van der Waals surface area contributed by atoms with E-state index in [1.165, 1.54) is 17.6 Å². The first-order valence-electron chi connectivity index (χ1n) is 4.22. The number of hydrogen-bond acceptors (Lipinski definition) is 1. The van der Waals surface area contributed by atoms with Crippen molar-refractivity contribution in [1.82, 2.24) is 0 Å². The summed E-state index contributed by atoms with van der Waals surface area (Å²) in [6.45, 7) is 4.32. The summed E-state index contributed by atoms with van der Waals surface area (Å²) >= 11 is 0. The molecule has 0 heterocycles. The van der Waals surface area contributed by atoms with E-state index in [0.29, 0.717) is 0 Å². The number of ether oxygens (including phenoxy) is 1. The molecule has 1 aliphatic carbocycles. The van der Waals surface area contributed by atoms with E-state index >= 15 is 0 Å². The normalized spacial score (nSPS) is 18.3. The maximum atomic E-state index is 5.32. The Morgan fingerprint density at radius 3 is 2.73 bits per heavy atom. The molecule has 0 bridgehead atoms. The lowest BCUT2D eigenvalue weighted by Gasteiger charge is -2.17. The maximum Gasteiger partial charge on any atom is 0.120 e. The summed E-state index contributed by atoms with van der Waals surface area (Å²) in [6.07, 6.45) is 5.71. The minimum atomic E-state index is 1.08. The molecular formula is C10H16O. The number of hydrogen-bond donors (Lipinski definition) is 0. The van der Waals surface area contributed by atoms with E-state index in [-0.39, 0.29) is 0 Å². The summed E-state index contributed by atoms with van der Waals surface area (Å²) in [5.41, 5.74) is 2.77.